The molecule has 0 unspecified atom stereocenters. The minimum atomic E-state index is -0.188. The standard InChI is InChI=1S/C21H25N3O3S.C19H23N3O2S.ClH/c1-14(25)23-15-8-10-16(11-9-15)24-20(26)19-7-4-12-22-21(19)27-17-5-3-6-18(13-17)28-2;1-25-16-5-2-4-15(12-16)24-19-17(6-3-11-21-19)18(23)22-14-9-7-13(20)8-10-14;/h3-7,12-13,15-16H,8-11H2,1-2H3,(H,23,25)(H,24,26);2-6,11-14H,7-10,20H2,1H3,(H,22,23);1H. The van der Waals surface area contributed by atoms with Crippen LogP contribution in [0.1, 0.15) is 79.0 Å². The fourth-order valence-corrected chi connectivity index (χ4v) is 7.24. The van der Waals surface area contributed by atoms with Gasteiger partial charge in [-0.1, -0.05) is 12.1 Å². The molecular weight excluding hydrogens is 744 g/mol. The van der Waals surface area contributed by atoms with E-state index in [9.17, 15) is 14.4 Å². The average Bonchev–Trinajstić information content (AvgIpc) is 3.17. The zero-order chi connectivity index (χ0) is 37.6. The van der Waals surface area contributed by atoms with E-state index in [1.165, 1.54) is 6.92 Å². The molecule has 2 fully saturated rings. The molecule has 0 saturated heterocycles. The van der Waals surface area contributed by atoms with Gasteiger partial charge in [0.15, 0.2) is 0 Å². The molecule has 0 spiro atoms. The molecule has 14 heteroatoms. The van der Waals surface area contributed by atoms with E-state index in [-0.39, 0.29) is 48.3 Å². The molecule has 2 aliphatic rings. The Morgan fingerprint density at radius 2 is 1.04 bits per heavy atom. The Hall–Kier alpha value is -4.30. The molecule has 54 heavy (non-hydrogen) atoms. The number of hydrogen-bond acceptors (Lipinski definition) is 9. The number of carbonyl (C=O) groups excluding carboxylic acids is 3. The van der Waals surface area contributed by atoms with Gasteiger partial charge in [0, 0.05) is 60.1 Å². The lowest BCUT2D eigenvalue weighted by molar-refractivity contribution is -0.425. The van der Waals surface area contributed by atoms with Crippen molar-refractivity contribution in [2.24, 2.45) is 0 Å². The smallest absolute Gasteiger partial charge is 0.257 e. The molecule has 2 aliphatic carbocycles. The fourth-order valence-electron chi connectivity index (χ4n) is 6.35. The van der Waals surface area contributed by atoms with Crippen LogP contribution in [0.3, 0.4) is 0 Å². The first-order chi connectivity index (χ1) is 25.7. The molecule has 2 saturated carbocycles. The number of halogens is 1. The maximum atomic E-state index is 12.8. The Bertz CT molecular complexity index is 1840. The number of rotatable bonds is 11. The Balaban J connectivity index is 0.000000238. The zero-order valence-corrected chi connectivity index (χ0v) is 33.3. The first-order valence-corrected chi connectivity index (χ1v) is 20.4. The van der Waals surface area contributed by atoms with Crippen molar-refractivity contribution in [1.82, 2.24) is 25.9 Å². The number of nitrogens with one attached hydrogen (secondary N) is 3. The summed E-state index contributed by atoms with van der Waals surface area (Å²) in [7, 11) is 0. The lowest BCUT2D eigenvalue weighted by Gasteiger charge is -2.29. The highest BCUT2D eigenvalue weighted by atomic mass is 35.5. The predicted molar refractivity (Wildman–Crippen MR) is 209 cm³/mol. The Morgan fingerprint density at radius 3 is 1.44 bits per heavy atom. The van der Waals surface area contributed by atoms with Crippen molar-refractivity contribution < 1.29 is 42.0 Å². The molecule has 288 valence electrons. The third-order valence-electron chi connectivity index (χ3n) is 9.19. The van der Waals surface area contributed by atoms with Gasteiger partial charge in [-0.05, 0) is 112 Å². The number of thioether (sulfide) groups is 2. The molecule has 0 radical (unpaired) electrons. The van der Waals surface area contributed by atoms with Crippen LogP contribution in [-0.2, 0) is 4.79 Å². The van der Waals surface area contributed by atoms with Crippen molar-refractivity contribution in [1.29, 1.82) is 0 Å². The molecule has 4 aromatic rings. The van der Waals surface area contributed by atoms with Crippen LogP contribution in [0.4, 0.5) is 0 Å². The normalized spacial score (nSPS) is 19.1. The van der Waals surface area contributed by atoms with E-state index in [1.54, 1.807) is 60.2 Å². The Labute approximate surface area is 332 Å². The van der Waals surface area contributed by atoms with Crippen molar-refractivity contribution in [2.45, 2.75) is 92.2 Å². The highest BCUT2D eigenvalue weighted by Crippen LogP contribution is 2.29. The molecule has 3 amide bonds. The summed E-state index contributed by atoms with van der Waals surface area (Å²) >= 11 is 3.27. The van der Waals surface area contributed by atoms with Gasteiger partial charge in [-0.25, -0.2) is 9.97 Å². The van der Waals surface area contributed by atoms with E-state index in [4.69, 9.17) is 9.47 Å². The van der Waals surface area contributed by atoms with E-state index in [2.05, 4.69) is 31.7 Å². The van der Waals surface area contributed by atoms with Crippen molar-refractivity contribution in [3.05, 3.63) is 96.3 Å². The van der Waals surface area contributed by atoms with E-state index >= 15 is 0 Å². The number of quaternary nitrogens is 1. The summed E-state index contributed by atoms with van der Waals surface area (Å²) in [5.74, 6) is 1.64. The summed E-state index contributed by atoms with van der Waals surface area (Å²) in [5.41, 5.74) is 4.98. The van der Waals surface area contributed by atoms with Gasteiger partial charge in [0.05, 0.1) is 6.04 Å². The van der Waals surface area contributed by atoms with Crippen molar-refractivity contribution in [3.8, 4) is 23.3 Å². The molecule has 0 atom stereocenters. The summed E-state index contributed by atoms with van der Waals surface area (Å²) < 4.78 is 11.8. The fraction of sp³-hybridized carbons (Fsp3) is 0.375. The van der Waals surface area contributed by atoms with Crippen LogP contribution in [0.2, 0.25) is 0 Å². The van der Waals surface area contributed by atoms with Crippen LogP contribution in [0.25, 0.3) is 0 Å². The van der Waals surface area contributed by atoms with Gasteiger partial charge in [0.25, 0.3) is 11.8 Å². The second kappa shape index (κ2) is 21.6. The van der Waals surface area contributed by atoms with Gasteiger partial charge in [0.2, 0.25) is 17.7 Å². The van der Waals surface area contributed by atoms with Crippen molar-refractivity contribution in [3.63, 3.8) is 0 Å². The van der Waals surface area contributed by atoms with Crippen LogP contribution in [-0.4, -0.2) is 64.4 Å². The predicted octanol–water partition coefficient (Wildman–Crippen LogP) is 3.66. The maximum Gasteiger partial charge on any atom is 0.257 e. The van der Waals surface area contributed by atoms with Gasteiger partial charge in [-0.3, -0.25) is 14.4 Å². The number of carbonyl (C=O) groups is 3. The first kappa shape index (κ1) is 42.4. The molecule has 0 bridgehead atoms. The van der Waals surface area contributed by atoms with Crippen LogP contribution >= 0.6 is 23.5 Å². The lowest BCUT2D eigenvalue weighted by atomic mass is 9.91. The van der Waals surface area contributed by atoms with E-state index < -0.39 is 0 Å². The van der Waals surface area contributed by atoms with Gasteiger partial charge < -0.3 is 43.6 Å². The second-order valence-corrected chi connectivity index (χ2v) is 14.9. The first-order valence-electron chi connectivity index (χ1n) is 18.0. The topological polar surface area (TPSA) is 159 Å². The largest absolute Gasteiger partial charge is 1.00 e. The van der Waals surface area contributed by atoms with Crippen LogP contribution in [0, 0.1) is 0 Å². The van der Waals surface area contributed by atoms with Crippen LogP contribution in [0.15, 0.2) is 95.0 Å². The molecule has 2 aromatic heterocycles. The summed E-state index contributed by atoms with van der Waals surface area (Å²) in [4.78, 5) is 47.3. The molecule has 6 N–H and O–H groups in total. The number of benzene rings is 2. The molecule has 2 aromatic carbocycles. The van der Waals surface area contributed by atoms with Crippen molar-refractivity contribution >= 4 is 41.2 Å². The zero-order valence-electron chi connectivity index (χ0n) is 30.9. The summed E-state index contributed by atoms with van der Waals surface area (Å²) in [6.07, 6.45) is 14.7. The number of nitrogens with zero attached hydrogens (tertiary/aromatic N) is 2. The lowest BCUT2D eigenvalue weighted by Crippen LogP contribution is -3.00. The number of hydrogen-bond donors (Lipinski definition) is 4. The third-order valence-corrected chi connectivity index (χ3v) is 10.6. The highest BCUT2D eigenvalue weighted by molar-refractivity contribution is 7.98. The van der Waals surface area contributed by atoms with E-state index in [1.807, 2.05) is 61.0 Å². The van der Waals surface area contributed by atoms with Gasteiger partial charge in [-0.15, -0.1) is 23.5 Å². The maximum absolute atomic E-state index is 12.8. The number of amides is 3. The molecule has 6 rings (SSSR count). The number of ether oxygens (including phenoxy) is 2. The summed E-state index contributed by atoms with van der Waals surface area (Å²) in [6.45, 7) is 1.53. The van der Waals surface area contributed by atoms with Gasteiger partial charge >= 0.3 is 0 Å². The molecule has 11 nitrogen and oxygen atoms in total. The van der Waals surface area contributed by atoms with Crippen LogP contribution in [0.5, 0.6) is 23.3 Å². The SMILES string of the molecule is CSc1cccc(Oc2ncccc2C(=O)NC2CCC(NC(C)=O)CC2)c1.CSc1cccc(Oc2ncccc2C(=O)NC2CCC([NH3+])CC2)c1.[Cl-]. The number of aromatic nitrogens is 2. The Kier molecular flexibility index (Phi) is 16.9. The average molecular weight is 793 g/mol. The third kappa shape index (κ3) is 12.9. The minimum Gasteiger partial charge on any atom is -1.00 e. The van der Waals surface area contributed by atoms with E-state index in [0.29, 0.717) is 40.4 Å². The highest BCUT2D eigenvalue weighted by Gasteiger charge is 2.26. The Morgan fingerprint density at radius 1 is 0.630 bits per heavy atom. The van der Waals surface area contributed by atoms with E-state index in [0.717, 1.165) is 61.2 Å². The summed E-state index contributed by atoms with van der Waals surface area (Å²) in [5, 5.41) is 9.15. The monoisotopic (exact) mass is 792 g/mol. The molecular formula is C40H49ClN6O5S2. The van der Waals surface area contributed by atoms with Crippen LogP contribution < -0.4 is 43.6 Å². The van der Waals surface area contributed by atoms with Crippen molar-refractivity contribution in [2.75, 3.05) is 12.5 Å². The number of pyridine rings is 2. The molecule has 2 heterocycles. The second-order valence-electron chi connectivity index (χ2n) is 13.2. The minimum absolute atomic E-state index is 0. The summed E-state index contributed by atoms with van der Waals surface area (Å²) in [6, 6.07) is 23.4. The van der Waals surface area contributed by atoms with Gasteiger partial charge in [-0.2, -0.15) is 0 Å². The molecule has 0 aliphatic heterocycles. The van der Waals surface area contributed by atoms with Gasteiger partial charge in [0.1, 0.15) is 22.6 Å². The quantitative estimate of drug-likeness (QED) is 0.167.